The highest BCUT2D eigenvalue weighted by Gasteiger charge is 2.04. The zero-order valence-corrected chi connectivity index (χ0v) is 6.36. The van der Waals surface area contributed by atoms with Crippen molar-refractivity contribution >= 4 is 0 Å². The molecule has 8 heavy (non-hydrogen) atoms. The second-order valence-electron chi connectivity index (χ2n) is 3.41. The summed E-state index contributed by atoms with van der Waals surface area (Å²) in [7, 11) is 6.48. The highest BCUT2D eigenvalue weighted by molar-refractivity contribution is 4.87. The lowest BCUT2D eigenvalue weighted by Crippen LogP contribution is -2.35. The van der Waals surface area contributed by atoms with Crippen LogP contribution in [-0.4, -0.2) is 32.2 Å². The predicted octanol–water partition coefficient (Wildman–Crippen LogP) is 1.27. The lowest BCUT2D eigenvalue weighted by atomic mass is 10.3. The predicted molar refractivity (Wildman–Crippen MR) is 37.7 cm³/mol. The summed E-state index contributed by atoms with van der Waals surface area (Å²) < 4.78 is 0.981. The fourth-order valence-corrected chi connectivity index (χ4v) is 0.810. The monoisotopic (exact) mass is 114 g/mol. The maximum absolute atomic E-state index is 3.82. The van der Waals surface area contributed by atoms with E-state index in [1.54, 1.807) is 0 Å². The minimum atomic E-state index is 0.981. The molecule has 1 heteroatoms. The van der Waals surface area contributed by atoms with E-state index in [1.807, 2.05) is 0 Å². The van der Waals surface area contributed by atoms with Crippen molar-refractivity contribution < 1.29 is 4.48 Å². The maximum Gasteiger partial charge on any atom is 0.0991 e. The molecule has 0 atom stereocenters. The van der Waals surface area contributed by atoms with E-state index in [0.29, 0.717) is 0 Å². The maximum atomic E-state index is 3.82. The van der Waals surface area contributed by atoms with Crippen LogP contribution in [0.1, 0.15) is 6.92 Å². The Labute approximate surface area is 52.2 Å². The summed E-state index contributed by atoms with van der Waals surface area (Å²) in [5.41, 5.74) is 1.25. The van der Waals surface area contributed by atoms with Crippen molar-refractivity contribution in [3.63, 3.8) is 0 Å². The van der Waals surface area contributed by atoms with Crippen molar-refractivity contribution in [3.8, 4) is 0 Å². The van der Waals surface area contributed by atoms with Crippen LogP contribution in [-0.2, 0) is 0 Å². The van der Waals surface area contributed by atoms with Gasteiger partial charge in [0.25, 0.3) is 0 Å². The summed E-state index contributed by atoms with van der Waals surface area (Å²) in [6.45, 7) is 6.95. The molecule has 0 amide bonds. The van der Waals surface area contributed by atoms with Gasteiger partial charge in [-0.3, -0.25) is 0 Å². The van der Waals surface area contributed by atoms with Crippen molar-refractivity contribution in [1.29, 1.82) is 0 Å². The summed E-state index contributed by atoms with van der Waals surface area (Å²) in [6, 6.07) is 0. The van der Waals surface area contributed by atoms with Crippen molar-refractivity contribution in [1.82, 2.24) is 0 Å². The number of nitrogens with zero attached hydrogens (tertiary/aromatic N) is 1. The van der Waals surface area contributed by atoms with Gasteiger partial charge in [-0.05, 0) is 12.5 Å². The van der Waals surface area contributed by atoms with Gasteiger partial charge in [0.1, 0.15) is 0 Å². The van der Waals surface area contributed by atoms with E-state index in [1.165, 1.54) is 5.57 Å². The Balaban J connectivity index is 3.55. The molecule has 0 heterocycles. The van der Waals surface area contributed by atoms with Crippen molar-refractivity contribution in [2.24, 2.45) is 0 Å². The SMILES string of the molecule is C=C(C)C[N+](C)(C)C. The summed E-state index contributed by atoms with van der Waals surface area (Å²) in [5, 5.41) is 0. The van der Waals surface area contributed by atoms with Gasteiger partial charge in [0.2, 0.25) is 0 Å². The molecule has 0 aromatic carbocycles. The van der Waals surface area contributed by atoms with Gasteiger partial charge in [-0.1, -0.05) is 6.58 Å². The molecular formula is C7H16N+. The van der Waals surface area contributed by atoms with E-state index in [2.05, 4.69) is 34.6 Å². The lowest BCUT2D eigenvalue weighted by molar-refractivity contribution is -0.865. The van der Waals surface area contributed by atoms with E-state index >= 15 is 0 Å². The third-order valence-electron chi connectivity index (χ3n) is 0.744. The average molecular weight is 114 g/mol. The first-order valence-electron chi connectivity index (χ1n) is 2.86. The molecule has 0 aliphatic carbocycles. The standard InChI is InChI=1S/C7H16N/c1-7(2)6-8(3,4)5/h1,6H2,2-5H3/q+1. The Morgan fingerprint density at radius 1 is 1.38 bits per heavy atom. The second kappa shape index (κ2) is 2.31. The summed E-state index contributed by atoms with van der Waals surface area (Å²) in [5.74, 6) is 0. The van der Waals surface area contributed by atoms with Crippen molar-refractivity contribution in [2.75, 3.05) is 27.7 Å². The van der Waals surface area contributed by atoms with E-state index in [4.69, 9.17) is 0 Å². The number of hydrogen-bond acceptors (Lipinski definition) is 0. The zero-order valence-electron chi connectivity index (χ0n) is 6.36. The molecule has 1 nitrogen and oxygen atoms in total. The first-order valence-corrected chi connectivity index (χ1v) is 2.86. The summed E-state index contributed by atoms with van der Waals surface area (Å²) in [6.07, 6.45) is 0. The normalized spacial score (nSPS) is 11.5. The largest absolute Gasteiger partial charge is 0.327 e. The van der Waals surface area contributed by atoms with Crippen LogP contribution in [0.2, 0.25) is 0 Å². The molecule has 0 unspecified atom stereocenters. The van der Waals surface area contributed by atoms with Gasteiger partial charge < -0.3 is 4.48 Å². The van der Waals surface area contributed by atoms with E-state index in [-0.39, 0.29) is 0 Å². The second-order valence-corrected chi connectivity index (χ2v) is 3.41. The van der Waals surface area contributed by atoms with Crippen LogP contribution < -0.4 is 0 Å². The first kappa shape index (κ1) is 7.70. The van der Waals surface area contributed by atoms with Crippen molar-refractivity contribution in [2.45, 2.75) is 6.92 Å². The molecule has 0 fully saturated rings. The molecule has 0 saturated heterocycles. The van der Waals surface area contributed by atoms with Crippen molar-refractivity contribution in [3.05, 3.63) is 12.2 Å². The van der Waals surface area contributed by atoms with Crippen LogP contribution in [0.15, 0.2) is 12.2 Å². The van der Waals surface area contributed by atoms with Crippen LogP contribution in [0, 0.1) is 0 Å². The molecule has 0 aliphatic heterocycles. The third kappa shape index (κ3) is 5.70. The lowest BCUT2D eigenvalue weighted by Gasteiger charge is -2.23. The first-order chi connectivity index (χ1) is 3.42. The molecule has 0 rings (SSSR count). The van der Waals surface area contributed by atoms with E-state index in [0.717, 1.165) is 11.0 Å². The molecule has 0 aromatic rings. The van der Waals surface area contributed by atoms with Crippen LogP contribution >= 0.6 is 0 Å². The molecule has 48 valence electrons. The smallest absolute Gasteiger partial charge is 0.0991 e. The quantitative estimate of drug-likeness (QED) is 0.374. The highest BCUT2D eigenvalue weighted by atomic mass is 15.3. The Morgan fingerprint density at radius 3 is 1.75 bits per heavy atom. The minimum absolute atomic E-state index is 0.981. The Morgan fingerprint density at radius 2 is 1.75 bits per heavy atom. The summed E-state index contributed by atoms with van der Waals surface area (Å²) in [4.78, 5) is 0. The molecule has 0 bridgehead atoms. The molecule has 0 spiro atoms. The Kier molecular flexibility index (Phi) is 2.23. The van der Waals surface area contributed by atoms with Crippen LogP contribution in [0.4, 0.5) is 0 Å². The van der Waals surface area contributed by atoms with Crippen LogP contribution in [0.3, 0.4) is 0 Å². The van der Waals surface area contributed by atoms with Gasteiger partial charge in [0.05, 0.1) is 27.7 Å². The Hall–Kier alpha value is -0.300. The van der Waals surface area contributed by atoms with Gasteiger partial charge >= 0.3 is 0 Å². The molecule has 0 radical (unpaired) electrons. The van der Waals surface area contributed by atoms with E-state index < -0.39 is 0 Å². The van der Waals surface area contributed by atoms with Gasteiger partial charge in [-0.15, -0.1) is 0 Å². The molecular weight excluding hydrogens is 98.1 g/mol. The topological polar surface area (TPSA) is 0 Å². The third-order valence-corrected chi connectivity index (χ3v) is 0.744. The molecule has 0 aliphatic rings. The van der Waals surface area contributed by atoms with Crippen LogP contribution in [0.25, 0.3) is 0 Å². The van der Waals surface area contributed by atoms with Gasteiger partial charge in [-0.2, -0.15) is 0 Å². The molecule has 0 aromatic heterocycles. The molecule has 0 saturated carbocycles. The van der Waals surface area contributed by atoms with Gasteiger partial charge in [0, 0.05) is 0 Å². The van der Waals surface area contributed by atoms with E-state index in [9.17, 15) is 0 Å². The molecule has 0 N–H and O–H groups in total. The number of rotatable bonds is 2. The van der Waals surface area contributed by atoms with Gasteiger partial charge in [-0.25, -0.2) is 0 Å². The fraction of sp³-hybridized carbons (Fsp3) is 0.714. The van der Waals surface area contributed by atoms with Crippen LogP contribution in [0.5, 0.6) is 0 Å². The number of likely N-dealkylation sites (N-methyl/N-ethyl adjacent to an activating group) is 1. The number of hydrogen-bond donors (Lipinski definition) is 0. The van der Waals surface area contributed by atoms with Gasteiger partial charge in [0.15, 0.2) is 0 Å². The minimum Gasteiger partial charge on any atom is -0.327 e. The Bertz CT molecular complexity index is 87.1. The number of quaternary nitrogens is 1. The zero-order chi connectivity index (χ0) is 6.78. The fourth-order valence-electron chi connectivity index (χ4n) is 0.810. The summed E-state index contributed by atoms with van der Waals surface area (Å²) >= 11 is 0. The average Bonchev–Trinajstić information content (AvgIpc) is 1.21. The highest BCUT2D eigenvalue weighted by Crippen LogP contribution is 1.95.